The van der Waals surface area contributed by atoms with E-state index in [1.54, 1.807) is 0 Å². The molecule has 2 aliphatic rings. The lowest BCUT2D eigenvalue weighted by molar-refractivity contribution is 0.191. The lowest BCUT2D eigenvalue weighted by Crippen LogP contribution is -2.46. The Morgan fingerprint density at radius 2 is 2.17 bits per heavy atom. The molecule has 2 heterocycles. The number of rotatable bonds is 7. The molecule has 0 aromatic carbocycles. The zero-order chi connectivity index (χ0) is 17.4. The Labute approximate surface area is 151 Å². The van der Waals surface area contributed by atoms with Crippen molar-refractivity contribution in [3.63, 3.8) is 0 Å². The van der Waals surface area contributed by atoms with Crippen LogP contribution in [0.5, 0.6) is 0 Å². The summed E-state index contributed by atoms with van der Waals surface area (Å²) in [6.45, 7) is 11.9. The average Bonchev–Trinajstić information content (AvgIpc) is 3.27. The molecule has 24 heavy (non-hydrogen) atoms. The number of nitrogens with one attached hydrogen (secondary N) is 1. The Morgan fingerprint density at radius 1 is 1.42 bits per heavy atom. The number of alkyl halides is 1. The zero-order valence-electron chi connectivity index (χ0n) is 15.7. The molecule has 1 saturated carbocycles. The quantitative estimate of drug-likeness (QED) is 0.757. The second-order valence-electron chi connectivity index (χ2n) is 7.65. The molecule has 1 aliphatic heterocycles. The maximum atomic E-state index is 6.57. The summed E-state index contributed by atoms with van der Waals surface area (Å²) in [5.74, 6) is 0.321. The fraction of sp³-hybridized carbons (Fsp3) is 0.833. The predicted molar refractivity (Wildman–Crippen MR) is 100 cm³/mol. The number of nitrogens with zero attached hydrogens (tertiary/aromatic N) is 4. The summed E-state index contributed by atoms with van der Waals surface area (Å²) in [5.41, 5.74) is 3.68. The predicted octanol–water partition coefficient (Wildman–Crippen LogP) is 1.73. The molecule has 0 bridgehead atoms. The summed E-state index contributed by atoms with van der Waals surface area (Å²) < 4.78 is 1.98. The number of fused-ring (bicyclic) bond motifs is 1. The number of aryl methyl sites for hydroxylation is 2. The van der Waals surface area contributed by atoms with Gasteiger partial charge in [-0.25, -0.2) is 0 Å². The summed E-state index contributed by atoms with van der Waals surface area (Å²) in [6.07, 6.45) is 1.33. The molecule has 2 fully saturated rings. The minimum absolute atomic E-state index is 0.0982. The molecular weight excluding hydrogens is 322 g/mol. The van der Waals surface area contributed by atoms with E-state index >= 15 is 0 Å². The summed E-state index contributed by atoms with van der Waals surface area (Å²) in [5, 5.41) is 8.25. The van der Waals surface area contributed by atoms with Gasteiger partial charge in [0, 0.05) is 74.4 Å². The first-order valence-corrected chi connectivity index (χ1v) is 9.62. The Bertz CT molecular complexity index is 570. The van der Waals surface area contributed by atoms with Crippen LogP contribution in [0.4, 0.5) is 0 Å². The molecule has 1 aromatic heterocycles. The van der Waals surface area contributed by atoms with Gasteiger partial charge < -0.3 is 10.2 Å². The van der Waals surface area contributed by atoms with Gasteiger partial charge in [0.1, 0.15) is 0 Å². The monoisotopic (exact) mass is 353 g/mol. The van der Waals surface area contributed by atoms with Crippen molar-refractivity contribution < 1.29 is 0 Å². The molecule has 0 radical (unpaired) electrons. The highest BCUT2D eigenvalue weighted by Gasteiger charge is 2.43. The Kier molecular flexibility index (Phi) is 5.55. The standard InChI is InChI=1S/C18H32ClN5/c1-12(19)15(18-13(2)21-23(5)14(18)3)11-22(4)8-9-24-7-6-20-16-10-17(16)24/h12,15-17,20H,6-11H2,1-5H3. The van der Waals surface area contributed by atoms with Gasteiger partial charge in [-0.2, -0.15) is 5.10 Å². The summed E-state index contributed by atoms with van der Waals surface area (Å²) in [6, 6.07) is 1.55. The first kappa shape index (κ1) is 18.2. The Morgan fingerprint density at radius 3 is 2.79 bits per heavy atom. The highest BCUT2D eigenvalue weighted by atomic mass is 35.5. The van der Waals surface area contributed by atoms with Crippen LogP contribution < -0.4 is 5.32 Å². The van der Waals surface area contributed by atoms with Gasteiger partial charge in [0.2, 0.25) is 0 Å². The minimum atomic E-state index is 0.0982. The third-order valence-corrected chi connectivity index (χ3v) is 6.10. The van der Waals surface area contributed by atoms with E-state index in [0.717, 1.165) is 44.0 Å². The maximum absolute atomic E-state index is 6.57. The summed E-state index contributed by atoms with van der Waals surface area (Å²) in [7, 11) is 4.24. The van der Waals surface area contributed by atoms with Gasteiger partial charge in [0.05, 0.1) is 5.69 Å². The van der Waals surface area contributed by atoms with Crippen molar-refractivity contribution in [2.45, 2.75) is 50.6 Å². The van der Waals surface area contributed by atoms with E-state index in [-0.39, 0.29) is 5.38 Å². The molecule has 1 saturated heterocycles. The molecule has 1 aliphatic carbocycles. The molecule has 1 N–H and O–H groups in total. The van der Waals surface area contributed by atoms with E-state index in [2.05, 4.69) is 48.0 Å². The molecule has 136 valence electrons. The fourth-order valence-corrected chi connectivity index (χ4v) is 4.37. The molecule has 6 heteroatoms. The number of hydrogen-bond donors (Lipinski definition) is 1. The van der Waals surface area contributed by atoms with Crippen molar-refractivity contribution >= 4 is 11.6 Å². The van der Waals surface area contributed by atoms with Crippen LogP contribution in [0.15, 0.2) is 0 Å². The molecule has 1 aromatic rings. The van der Waals surface area contributed by atoms with Crippen LogP contribution in [0.25, 0.3) is 0 Å². The van der Waals surface area contributed by atoms with E-state index in [1.807, 2.05) is 11.7 Å². The van der Waals surface area contributed by atoms with Crippen molar-refractivity contribution in [3.05, 3.63) is 17.0 Å². The second kappa shape index (κ2) is 7.32. The maximum Gasteiger partial charge on any atom is 0.0632 e. The van der Waals surface area contributed by atoms with Crippen LogP contribution in [-0.4, -0.2) is 76.8 Å². The third kappa shape index (κ3) is 3.79. The van der Waals surface area contributed by atoms with E-state index in [1.165, 1.54) is 24.2 Å². The second-order valence-corrected chi connectivity index (χ2v) is 8.34. The van der Waals surface area contributed by atoms with Gasteiger partial charge >= 0.3 is 0 Å². The molecule has 4 atom stereocenters. The SMILES string of the molecule is Cc1nn(C)c(C)c1C(CN(C)CCN1CCNC2CC21)C(C)Cl. The van der Waals surface area contributed by atoms with E-state index in [4.69, 9.17) is 11.6 Å². The van der Waals surface area contributed by atoms with Crippen LogP contribution in [0.1, 0.15) is 36.2 Å². The van der Waals surface area contributed by atoms with Gasteiger partial charge in [0.25, 0.3) is 0 Å². The van der Waals surface area contributed by atoms with Crippen LogP contribution >= 0.6 is 11.6 Å². The first-order chi connectivity index (χ1) is 11.4. The molecule has 5 nitrogen and oxygen atoms in total. The minimum Gasteiger partial charge on any atom is -0.311 e. The Hall–Kier alpha value is -0.620. The first-order valence-electron chi connectivity index (χ1n) is 9.18. The normalized spacial score (nSPS) is 26.5. The molecule has 0 amide bonds. The highest BCUT2D eigenvalue weighted by Crippen LogP contribution is 2.31. The molecule has 0 spiro atoms. The van der Waals surface area contributed by atoms with Crippen LogP contribution in [0.3, 0.4) is 0 Å². The van der Waals surface area contributed by atoms with Crippen LogP contribution in [0.2, 0.25) is 0 Å². The third-order valence-electron chi connectivity index (χ3n) is 5.80. The number of halogens is 1. The number of aromatic nitrogens is 2. The number of likely N-dealkylation sites (N-methyl/N-ethyl adjacent to an activating group) is 1. The van der Waals surface area contributed by atoms with E-state index in [9.17, 15) is 0 Å². The lowest BCUT2D eigenvalue weighted by atomic mass is 9.93. The van der Waals surface area contributed by atoms with Crippen molar-refractivity contribution in [1.82, 2.24) is 24.9 Å². The fourth-order valence-electron chi connectivity index (χ4n) is 4.16. The smallest absolute Gasteiger partial charge is 0.0632 e. The molecular formula is C18H32ClN5. The van der Waals surface area contributed by atoms with Crippen molar-refractivity contribution in [3.8, 4) is 0 Å². The van der Waals surface area contributed by atoms with Gasteiger partial charge in [-0.15, -0.1) is 11.6 Å². The average molecular weight is 354 g/mol. The summed E-state index contributed by atoms with van der Waals surface area (Å²) in [4.78, 5) is 5.09. The van der Waals surface area contributed by atoms with E-state index < -0.39 is 0 Å². The van der Waals surface area contributed by atoms with Crippen molar-refractivity contribution in [1.29, 1.82) is 0 Å². The van der Waals surface area contributed by atoms with E-state index in [0.29, 0.717) is 5.92 Å². The summed E-state index contributed by atoms with van der Waals surface area (Å²) >= 11 is 6.57. The number of hydrogen-bond acceptors (Lipinski definition) is 4. The zero-order valence-corrected chi connectivity index (χ0v) is 16.5. The highest BCUT2D eigenvalue weighted by molar-refractivity contribution is 6.20. The van der Waals surface area contributed by atoms with Gasteiger partial charge in [-0.1, -0.05) is 0 Å². The largest absolute Gasteiger partial charge is 0.311 e. The van der Waals surface area contributed by atoms with Crippen LogP contribution in [0, 0.1) is 13.8 Å². The van der Waals surface area contributed by atoms with Gasteiger partial charge in [0.15, 0.2) is 0 Å². The number of piperazine rings is 1. The lowest BCUT2D eigenvalue weighted by Gasteiger charge is -2.31. The molecule has 4 unspecified atom stereocenters. The van der Waals surface area contributed by atoms with Gasteiger partial charge in [-0.3, -0.25) is 9.58 Å². The topological polar surface area (TPSA) is 36.3 Å². The van der Waals surface area contributed by atoms with Gasteiger partial charge in [-0.05, 0) is 34.2 Å². The van der Waals surface area contributed by atoms with Crippen molar-refractivity contribution in [2.75, 3.05) is 39.8 Å². The van der Waals surface area contributed by atoms with Crippen molar-refractivity contribution in [2.24, 2.45) is 7.05 Å². The molecule has 3 rings (SSSR count). The van der Waals surface area contributed by atoms with Crippen LogP contribution in [-0.2, 0) is 7.05 Å². The Balaban J connectivity index is 1.58.